The molecule has 1 atom stereocenters. The van der Waals surface area contributed by atoms with Gasteiger partial charge in [0.1, 0.15) is 5.69 Å². The number of nitrogens with one attached hydrogen (secondary N) is 1. The Morgan fingerprint density at radius 1 is 1.52 bits per heavy atom. The predicted molar refractivity (Wildman–Crippen MR) is 83.7 cm³/mol. The second-order valence-electron chi connectivity index (χ2n) is 6.17. The van der Waals surface area contributed by atoms with Crippen LogP contribution in [0.15, 0.2) is 18.3 Å². The monoisotopic (exact) mass is 285 g/mol. The van der Waals surface area contributed by atoms with Gasteiger partial charge in [-0.15, -0.1) is 0 Å². The maximum atomic E-state index is 12.5. The Labute approximate surface area is 126 Å². The van der Waals surface area contributed by atoms with E-state index >= 15 is 0 Å². The van der Waals surface area contributed by atoms with Crippen LogP contribution in [-0.2, 0) is 0 Å². The first-order valence-electron chi connectivity index (χ1n) is 7.49. The zero-order valence-corrected chi connectivity index (χ0v) is 12.8. The van der Waals surface area contributed by atoms with Gasteiger partial charge in [0.25, 0.3) is 5.91 Å². The molecule has 1 unspecified atom stereocenters. The molecule has 0 spiro atoms. The lowest BCUT2D eigenvalue weighted by atomic mass is 9.73. The van der Waals surface area contributed by atoms with Gasteiger partial charge in [0.2, 0.25) is 0 Å². The van der Waals surface area contributed by atoms with Gasteiger partial charge < -0.3 is 11.1 Å². The summed E-state index contributed by atoms with van der Waals surface area (Å²) in [5.41, 5.74) is 6.55. The Morgan fingerprint density at radius 2 is 2.33 bits per heavy atom. The van der Waals surface area contributed by atoms with Crippen molar-refractivity contribution in [1.82, 2.24) is 10.3 Å². The Kier molecular flexibility index (Phi) is 4.98. The highest BCUT2D eigenvalue weighted by Gasteiger charge is 2.33. The maximum Gasteiger partial charge on any atom is 0.271 e. The Bertz CT molecular complexity index is 569. The number of amides is 1. The molecule has 1 aromatic rings. The van der Waals surface area contributed by atoms with E-state index in [1.165, 1.54) is 6.42 Å². The van der Waals surface area contributed by atoms with Crippen LogP contribution in [0.5, 0.6) is 0 Å². The van der Waals surface area contributed by atoms with Gasteiger partial charge in [0, 0.05) is 12.2 Å². The molecule has 0 radical (unpaired) electrons. The van der Waals surface area contributed by atoms with Crippen molar-refractivity contribution < 1.29 is 4.79 Å². The second-order valence-corrected chi connectivity index (χ2v) is 6.17. The first kappa shape index (κ1) is 15.5. The summed E-state index contributed by atoms with van der Waals surface area (Å²) in [4.78, 5) is 16.7. The van der Waals surface area contributed by atoms with Gasteiger partial charge in [-0.05, 0) is 30.4 Å². The second kappa shape index (κ2) is 6.73. The van der Waals surface area contributed by atoms with Gasteiger partial charge in [-0.2, -0.15) is 0 Å². The molecule has 1 aliphatic carbocycles. The minimum atomic E-state index is -0.142. The highest BCUT2D eigenvalue weighted by molar-refractivity contribution is 5.95. The molecule has 1 aliphatic rings. The number of rotatable bonds is 2. The zero-order chi connectivity index (χ0) is 15.3. The summed E-state index contributed by atoms with van der Waals surface area (Å²) in [6, 6.07) is 3.77. The molecule has 2 rings (SSSR count). The van der Waals surface area contributed by atoms with E-state index in [0.717, 1.165) is 19.3 Å². The smallest absolute Gasteiger partial charge is 0.271 e. The summed E-state index contributed by atoms with van der Waals surface area (Å²) in [5, 5.41) is 3.14. The van der Waals surface area contributed by atoms with E-state index in [9.17, 15) is 4.79 Å². The number of hydrogen-bond acceptors (Lipinski definition) is 3. The topological polar surface area (TPSA) is 68.0 Å². The van der Waals surface area contributed by atoms with Crippen LogP contribution in [0.25, 0.3) is 0 Å². The fraction of sp³-hybridized carbons (Fsp3) is 0.529. The van der Waals surface area contributed by atoms with Crippen molar-refractivity contribution in [2.45, 2.75) is 45.6 Å². The summed E-state index contributed by atoms with van der Waals surface area (Å²) in [5.74, 6) is 5.55. The molecule has 1 aromatic heterocycles. The minimum Gasteiger partial charge on any atom is -0.347 e. The van der Waals surface area contributed by atoms with Gasteiger partial charge >= 0.3 is 0 Å². The van der Waals surface area contributed by atoms with Crippen LogP contribution in [0.1, 0.15) is 55.6 Å². The average Bonchev–Trinajstić information content (AvgIpc) is 2.47. The molecule has 4 heteroatoms. The van der Waals surface area contributed by atoms with Gasteiger partial charge in [0.15, 0.2) is 0 Å². The zero-order valence-electron chi connectivity index (χ0n) is 12.8. The van der Waals surface area contributed by atoms with Gasteiger partial charge in [0.05, 0.1) is 12.1 Å². The van der Waals surface area contributed by atoms with Crippen LogP contribution in [0.3, 0.4) is 0 Å². The number of carbonyl (C=O) groups excluding carboxylic acids is 1. The van der Waals surface area contributed by atoms with E-state index < -0.39 is 0 Å². The lowest BCUT2D eigenvalue weighted by molar-refractivity contribution is 0.0848. The summed E-state index contributed by atoms with van der Waals surface area (Å²) in [6.45, 7) is 4.70. The lowest BCUT2D eigenvalue weighted by Gasteiger charge is -2.39. The molecule has 1 saturated carbocycles. The quantitative estimate of drug-likeness (QED) is 0.818. The third-order valence-corrected chi connectivity index (χ3v) is 4.16. The van der Waals surface area contributed by atoms with Crippen LogP contribution in [0.4, 0.5) is 0 Å². The molecule has 0 aromatic carbocycles. The normalized spacial score (nSPS) is 20.2. The van der Waals surface area contributed by atoms with E-state index in [1.807, 2.05) is 0 Å². The van der Waals surface area contributed by atoms with Crippen molar-refractivity contribution in [3.05, 3.63) is 29.6 Å². The van der Waals surface area contributed by atoms with E-state index in [-0.39, 0.29) is 23.9 Å². The van der Waals surface area contributed by atoms with Crippen molar-refractivity contribution in [3.63, 3.8) is 0 Å². The molecule has 0 bridgehead atoms. The molecule has 3 N–H and O–H groups in total. The van der Waals surface area contributed by atoms with E-state index in [1.54, 1.807) is 18.3 Å². The van der Waals surface area contributed by atoms with E-state index in [0.29, 0.717) is 11.3 Å². The fourth-order valence-corrected chi connectivity index (χ4v) is 2.82. The third kappa shape index (κ3) is 3.83. The SMILES string of the molecule is CC1(C)CCCCC1NC(=O)c1ncccc1C#CCN. The summed E-state index contributed by atoms with van der Waals surface area (Å²) in [6.07, 6.45) is 6.18. The molecule has 0 saturated heterocycles. The Hall–Kier alpha value is -1.86. The molecular weight excluding hydrogens is 262 g/mol. The van der Waals surface area contributed by atoms with Gasteiger partial charge in [-0.3, -0.25) is 4.79 Å². The molecule has 1 heterocycles. The first-order chi connectivity index (χ1) is 10.0. The Morgan fingerprint density at radius 3 is 3.05 bits per heavy atom. The maximum absolute atomic E-state index is 12.5. The van der Waals surface area contributed by atoms with Crippen LogP contribution in [-0.4, -0.2) is 23.5 Å². The van der Waals surface area contributed by atoms with Gasteiger partial charge in [-0.1, -0.05) is 38.5 Å². The van der Waals surface area contributed by atoms with Crippen molar-refractivity contribution in [3.8, 4) is 11.8 Å². The highest BCUT2D eigenvalue weighted by atomic mass is 16.1. The van der Waals surface area contributed by atoms with Crippen LogP contribution < -0.4 is 11.1 Å². The molecule has 1 amide bonds. The summed E-state index contributed by atoms with van der Waals surface area (Å²) >= 11 is 0. The van der Waals surface area contributed by atoms with Crippen molar-refractivity contribution in [2.75, 3.05) is 6.54 Å². The lowest BCUT2D eigenvalue weighted by Crippen LogP contribution is -2.47. The Balaban J connectivity index is 2.17. The van der Waals surface area contributed by atoms with Crippen molar-refractivity contribution in [2.24, 2.45) is 11.1 Å². The average molecular weight is 285 g/mol. The highest BCUT2D eigenvalue weighted by Crippen LogP contribution is 2.35. The number of hydrogen-bond donors (Lipinski definition) is 2. The molecular formula is C17H23N3O. The molecule has 112 valence electrons. The molecule has 4 nitrogen and oxygen atoms in total. The largest absolute Gasteiger partial charge is 0.347 e. The minimum absolute atomic E-state index is 0.131. The first-order valence-corrected chi connectivity index (χ1v) is 7.49. The van der Waals surface area contributed by atoms with Crippen LogP contribution >= 0.6 is 0 Å². The van der Waals surface area contributed by atoms with Crippen LogP contribution in [0, 0.1) is 17.3 Å². The van der Waals surface area contributed by atoms with E-state index in [2.05, 4.69) is 36.0 Å². The molecule has 21 heavy (non-hydrogen) atoms. The number of nitrogens with zero attached hydrogens (tertiary/aromatic N) is 1. The van der Waals surface area contributed by atoms with Gasteiger partial charge in [-0.25, -0.2) is 4.98 Å². The standard InChI is InChI=1S/C17H23N3O/c1-17(2)10-4-3-9-14(17)20-16(21)15-13(7-5-11-18)8-6-12-19-15/h6,8,12,14H,3-4,9-11,18H2,1-2H3,(H,20,21). The fourth-order valence-electron chi connectivity index (χ4n) is 2.82. The third-order valence-electron chi connectivity index (χ3n) is 4.16. The number of aromatic nitrogens is 1. The number of pyridine rings is 1. The predicted octanol–water partition coefficient (Wildman–Crippen LogP) is 2.09. The summed E-state index contributed by atoms with van der Waals surface area (Å²) in [7, 11) is 0. The molecule has 0 aliphatic heterocycles. The van der Waals surface area contributed by atoms with Crippen LogP contribution in [0.2, 0.25) is 0 Å². The number of nitrogens with two attached hydrogens (primary N) is 1. The van der Waals surface area contributed by atoms with E-state index in [4.69, 9.17) is 5.73 Å². The summed E-state index contributed by atoms with van der Waals surface area (Å²) < 4.78 is 0. The molecule has 1 fully saturated rings. The van der Waals surface area contributed by atoms with Crippen molar-refractivity contribution >= 4 is 5.91 Å². The number of carbonyl (C=O) groups is 1. The van der Waals surface area contributed by atoms with Crippen molar-refractivity contribution in [1.29, 1.82) is 0 Å².